The lowest BCUT2D eigenvalue weighted by molar-refractivity contribution is 0.765. The van der Waals surface area contributed by atoms with Crippen molar-refractivity contribution in [1.82, 2.24) is 43.6 Å². The molecule has 0 saturated heterocycles. The summed E-state index contributed by atoms with van der Waals surface area (Å²) in [4.78, 5) is 50.6. The zero-order valence-corrected chi connectivity index (χ0v) is 36.1. The van der Waals surface area contributed by atoms with E-state index in [4.69, 9.17) is 23.2 Å². The molecule has 62 heavy (non-hydrogen) atoms. The molecule has 10 aromatic rings. The molecule has 1 atom stereocenters. The summed E-state index contributed by atoms with van der Waals surface area (Å²) in [6.45, 7) is 8.10. The predicted octanol–water partition coefficient (Wildman–Crippen LogP) is 10.5. The van der Waals surface area contributed by atoms with Crippen molar-refractivity contribution < 1.29 is 0 Å². The third-order valence-electron chi connectivity index (χ3n) is 10.5. The first-order valence-electron chi connectivity index (χ1n) is 19.9. The van der Waals surface area contributed by atoms with Crippen LogP contribution in [0.2, 0.25) is 10.0 Å². The smallest absolute Gasteiger partial charge is 0.264 e. The number of H-pyrrole nitrogens is 1. The van der Waals surface area contributed by atoms with Crippen molar-refractivity contribution in [3.05, 3.63) is 188 Å². The lowest BCUT2D eigenvalue weighted by atomic mass is 10.0. The van der Waals surface area contributed by atoms with Crippen molar-refractivity contribution in [3.8, 4) is 11.4 Å². The molecule has 10 rings (SSSR count). The first-order valence-corrected chi connectivity index (χ1v) is 20.7. The Labute approximate surface area is 366 Å². The predicted molar refractivity (Wildman–Crippen MR) is 250 cm³/mol. The second-order valence-corrected chi connectivity index (χ2v) is 15.8. The average Bonchev–Trinajstić information content (AvgIpc) is 3.92. The highest BCUT2D eigenvalue weighted by molar-refractivity contribution is 6.35. The third-order valence-corrected chi connectivity index (χ3v) is 11.1. The Morgan fingerprint density at radius 2 is 1.23 bits per heavy atom. The Kier molecular flexibility index (Phi) is 12.0. The number of hydrogen-bond donors (Lipinski definition) is 2. The van der Waals surface area contributed by atoms with Gasteiger partial charge in [-0.05, 0) is 85.1 Å². The topological polar surface area (TPSA) is 141 Å². The number of aromatic nitrogens is 9. The van der Waals surface area contributed by atoms with Gasteiger partial charge in [-0.3, -0.25) is 18.7 Å². The van der Waals surface area contributed by atoms with E-state index >= 15 is 0 Å². The molecule has 0 bridgehead atoms. The van der Waals surface area contributed by atoms with Gasteiger partial charge in [-0.1, -0.05) is 97.7 Å². The van der Waals surface area contributed by atoms with Crippen molar-refractivity contribution in [3.63, 3.8) is 0 Å². The van der Waals surface area contributed by atoms with E-state index in [-0.39, 0.29) is 23.1 Å². The second kappa shape index (κ2) is 17.8. The number of aryl methyl sites for hydroxylation is 2. The fourth-order valence-corrected chi connectivity index (χ4v) is 7.95. The summed E-state index contributed by atoms with van der Waals surface area (Å²) in [5.74, 6) is 0.890. The number of pyridine rings is 3. The third kappa shape index (κ3) is 8.17. The Bertz CT molecular complexity index is 3320. The Morgan fingerprint density at radius 1 is 0.645 bits per heavy atom. The fraction of sp³-hybridized carbons (Fsp3) is 0.146. The van der Waals surface area contributed by atoms with Gasteiger partial charge in [-0.25, -0.2) is 24.9 Å². The lowest BCUT2D eigenvalue weighted by Crippen LogP contribution is -2.25. The van der Waals surface area contributed by atoms with Crippen molar-refractivity contribution >= 4 is 72.8 Å². The van der Waals surface area contributed by atoms with Crippen LogP contribution in [0.5, 0.6) is 0 Å². The number of para-hydroxylation sites is 2. The van der Waals surface area contributed by atoms with Gasteiger partial charge in [-0.2, -0.15) is 0 Å². The summed E-state index contributed by atoms with van der Waals surface area (Å²) < 4.78 is 5.35. The maximum Gasteiger partial charge on any atom is 0.264 e. The Hall–Kier alpha value is -7.15. The Balaban J connectivity index is 0.000000143. The molecule has 14 heteroatoms. The van der Waals surface area contributed by atoms with Gasteiger partial charge in [0.2, 0.25) is 0 Å². The van der Waals surface area contributed by atoms with E-state index in [2.05, 4.69) is 55.1 Å². The molecule has 0 aliphatic carbocycles. The molecule has 0 fully saturated rings. The minimum atomic E-state index is -0.226. The normalized spacial score (nSPS) is 11.7. The van der Waals surface area contributed by atoms with Gasteiger partial charge in [-0.15, -0.1) is 0 Å². The van der Waals surface area contributed by atoms with Gasteiger partial charge < -0.3 is 14.9 Å². The van der Waals surface area contributed by atoms with Crippen LogP contribution in [0.4, 0.5) is 5.82 Å². The van der Waals surface area contributed by atoms with Crippen molar-refractivity contribution in [2.24, 2.45) is 7.05 Å². The fourth-order valence-electron chi connectivity index (χ4n) is 7.42. The molecule has 4 aromatic carbocycles. The molecule has 0 saturated carbocycles. The van der Waals surface area contributed by atoms with Crippen LogP contribution < -0.4 is 16.4 Å². The van der Waals surface area contributed by atoms with Gasteiger partial charge in [0.15, 0.2) is 11.5 Å². The van der Waals surface area contributed by atoms with Gasteiger partial charge >= 0.3 is 0 Å². The number of anilines is 1. The largest absolute Gasteiger partial charge is 0.360 e. The molecule has 0 aliphatic rings. The van der Waals surface area contributed by atoms with E-state index in [1.54, 1.807) is 46.4 Å². The molecule has 6 heterocycles. The minimum absolute atomic E-state index is 0.0620. The monoisotopic (exact) mass is 860 g/mol. The summed E-state index contributed by atoms with van der Waals surface area (Å²) in [7, 11) is 1.92. The van der Waals surface area contributed by atoms with E-state index in [0.717, 1.165) is 61.4 Å². The zero-order valence-electron chi connectivity index (χ0n) is 34.6. The molecule has 6 aromatic heterocycles. The summed E-state index contributed by atoms with van der Waals surface area (Å²) in [5.41, 5.74) is 7.56. The molecule has 2 N–H and O–H groups in total. The molecule has 0 spiro atoms. The van der Waals surface area contributed by atoms with Crippen LogP contribution in [0.3, 0.4) is 0 Å². The molecule has 0 unspecified atom stereocenters. The SMILES string of the molecule is CC(C)c1cc2cccc(Cl)c2c(=O)n1-c1ccccc1.C[C@H](Nc1nccc2[nH]cnc12)c1cc2cccc(Cl)c2c(=O)n1-c1ccccc1.Cc1ncnc2c1ncn2C. The second-order valence-electron chi connectivity index (χ2n) is 15.0. The average molecular weight is 862 g/mol. The lowest BCUT2D eigenvalue weighted by Gasteiger charge is -2.21. The van der Waals surface area contributed by atoms with Crippen molar-refractivity contribution in [2.45, 2.75) is 39.7 Å². The molecule has 0 aliphatic heterocycles. The van der Waals surface area contributed by atoms with Crippen LogP contribution in [-0.4, -0.2) is 43.6 Å². The summed E-state index contributed by atoms with van der Waals surface area (Å²) in [5, 5.41) is 7.13. The van der Waals surface area contributed by atoms with Crippen LogP contribution in [0.1, 0.15) is 49.8 Å². The number of imidazole rings is 2. The van der Waals surface area contributed by atoms with Crippen LogP contribution in [0, 0.1) is 6.92 Å². The quantitative estimate of drug-likeness (QED) is 0.168. The van der Waals surface area contributed by atoms with Crippen LogP contribution in [-0.2, 0) is 7.05 Å². The first kappa shape index (κ1) is 41.6. The number of halogens is 2. The number of nitrogens with one attached hydrogen (secondary N) is 2. The molecular weight excluding hydrogens is 820 g/mol. The molecule has 0 radical (unpaired) electrons. The molecule has 310 valence electrons. The van der Waals surface area contributed by atoms with Gasteiger partial charge in [0.1, 0.15) is 17.4 Å². The number of benzene rings is 4. The Morgan fingerprint density at radius 3 is 1.81 bits per heavy atom. The highest BCUT2D eigenvalue weighted by atomic mass is 35.5. The maximum absolute atomic E-state index is 13.5. The van der Waals surface area contributed by atoms with Gasteiger partial charge in [0, 0.05) is 36.0 Å². The van der Waals surface area contributed by atoms with Crippen LogP contribution >= 0.6 is 23.2 Å². The number of fused-ring (bicyclic) bond motifs is 4. The molecular formula is C48H42Cl2N10O2. The van der Waals surface area contributed by atoms with Crippen molar-refractivity contribution in [2.75, 3.05) is 5.32 Å². The minimum Gasteiger partial charge on any atom is -0.360 e. The standard InChI is InChI=1S/C23H18ClN5O.C18H16ClNO.C7H8N4/c1-14(28-22-21-18(10-11-25-22)26-13-27-21)19-12-15-6-5-9-17(24)20(15)23(30)29(19)16-7-3-2-4-8-16;1-12(2)16-11-13-7-6-10-15(19)17(13)18(21)20(16)14-8-4-3-5-9-14;1-5-6-7(9-3-8-5)11(2)4-10-6/h2-14H,1H3,(H,25,28)(H,26,27);3-12H,1-2H3;3-4H,1-2H3/t14-;;/m0../s1. The highest BCUT2D eigenvalue weighted by Crippen LogP contribution is 2.29. The number of aromatic amines is 1. The van der Waals surface area contributed by atoms with E-state index in [0.29, 0.717) is 26.6 Å². The summed E-state index contributed by atoms with van der Waals surface area (Å²) in [6, 6.07) is 36.0. The zero-order chi connectivity index (χ0) is 43.5. The first-order chi connectivity index (χ1) is 30.0. The molecule has 0 amide bonds. The number of rotatable bonds is 6. The number of hydrogen-bond acceptors (Lipinski definition) is 8. The van der Waals surface area contributed by atoms with Gasteiger partial charge in [0.05, 0.1) is 50.7 Å². The highest BCUT2D eigenvalue weighted by Gasteiger charge is 2.20. The van der Waals surface area contributed by atoms with Crippen LogP contribution in [0.15, 0.2) is 150 Å². The number of nitrogens with zero attached hydrogens (tertiary/aromatic N) is 8. The van der Waals surface area contributed by atoms with E-state index in [9.17, 15) is 9.59 Å². The van der Waals surface area contributed by atoms with E-state index in [1.165, 1.54) is 0 Å². The van der Waals surface area contributed by atoms with Crippen LogP contribution in [0.25, 0.3) is 55.1 Å². The molecule has 12 nitrogen and oxygen atoms in total. The summed E-state index contributed by atoms with van der Waals surface area (Å²) in [6.07, 6.45) is 6.66. The van der Waals surface area contributed by atoms with E-state index in [1.807, 2.05) is 123 Å². The maximum atomic E-state index is 13.5. The van der Waals surface area contributed by atoms with Gasteiger partial charge in [0.25, 0.3) is 11.1 Å². The van der Waals surface area contributed by atoms with E-state index < -0.39 is 0 Å². The van der Waals surface area contributed by atoms with Crippen molar-refractivity contribution in [1.29, 1.82) is 0 Å². The summed E-state index contributed by atoms with van der Waals surface area (Å²) >= 11 is 12.6.